The number of hydrogen-bond donors (Lipinski definition) is 8. The fourth-order valence-corrected chi connectivity index (χ4v) is 8.06. The van der Waals surface area contributed by atoms with E-state index in [0.717, 1.165) is 23.8 Å². The van der Waals surface area contributed by atoms with Crippen molar-refractivity contribution in [2.45, 2.75) is 21.6 Å². The second-order valence-electron chi connectivity index (χ2n) is 13.5. The molecule has 62 heavy (non-hydrogen) atoms. The molecule has 0 aliphatic carbocycles. The number of rotatable bonds is 11. The molecular formula is C39H31N9O11S3. The molecule has 0 fully saturated rings. The van der Waals surface area contributed by atoms with E-state index in [2.05, 4.69) is 36.0 Å². The Bertz CT molecular complexity index is 3420. The van der Waals surface area contributed by atoms with Crippen molar-refractivity contribution in [3.63, 3.8) is 0 Å². The van der Waals surface area contributed by atoms with Gasteiger partial charge < -0.3 is 27.0 Å². The van der Waals surface area contributed by atoms with Crippen molar-refractivity contribution in [1.82, 2.24) is 0 Å². The van der Waals surface area contributed by atoms with E-state index in [0.29, 0.717) is 16.8 Å². The summed E-state index contributed by atoms with van der Waals surface area (Å²) in [6.07, 6.45) is 0. The third-order valence-corrected chi connectivity index (χ3v) is 11.7. The number of hydrogen-bond acceptors (Lipinski definition) is 17. The zero-order valence-electron chi connectivity index (χ0n) is 31.6. The molecule has 0 spiro atoms. The highest BCUT2D eigenvalue weighted by Crippen LogP contribution is 2.44. The molecule has 7 aromatic rings. The van der Waals surface area contributed by atoms with Crippen LogP contribution in [0, 0.1) is 6.92 Å². The minimum atomic E-state index is -5.01. The molecule has 0 amide bonds. The van der Waals surface area contributed by atoms with Gasteiger partial charge in [0, 0.05) is 22.1 Å². The number of nitrogens with two attached hydrogens (primary N) is 2. The van der Waals surface area contributed by atoms with Gasteiger partial charge in [-0.05, 0) is 109 Å². The van der Waals surface area contributed by atoms with E-state index < -0.39 is 67.9 Å². The lowest BCUT2D eigenvalue weighted by molar-refractivity contribution is 0.471. The number of aryl methyl sites for hydroxylation is 1. The molecule has 0 saturated carbocycles. The molecule has 0 aliphatic rings. The molecule has 23 heteroatoms. The van der Waals surface area contributed by atoms with Crippen LogP contribution < -0.4 is 16.8 Å². The first kappa shape index (κ1) is 42.7. The fraction of sp³-hybridized carbons (Fsp3) is 0.0256. The quantitative estimate of drug-likeness (QED) is 0.0340. The van der Waals surface area contributed by atoms with E-state index >= 15 is 0 Å². The Morgan fingerprint density at radius 3 is 1.58 bits per heavy atom. The Morgan fingerprint density at radius 1 is 0.500 bits per heavy atom. The van der Waals surface area contributed by atoms with Crippen LogP contribution in [0.4, 0.5) is 56.9 Å². The molecule has 7 aromatic carbocycles. The number of aromatic hydroxyl groups is 2. The van der Waals surface area contributed by atoms with Gasteiger partial charge in [-0.15, -0.1) is 15.3 Å². The van der Waals surface area contributed by atoms with Crippen LogP contribution in [-0.4, -0.2) is 49.1 Å². The number of phenols is 2. The summed E-state index contributed by atoms with van der Waals surface area (Å²) in [6, 6.07) is 24.9. The minimum absolute atomic E-state index is 0.0310. The SMILES string of the molecule is Cc1ccc2cc(S(=O)(=O)O)c(N=Nc3ccc(Nc4ccc(N=Nc5c(S(=O)(=O)O)cc6ccc(N=Nc7ccc(N)cc7N)cc6c5O)cc4S(=O)(=O)O)cc3)c(O)c2c1. The monoisotopic (exact) mass is 897 g/mol. The molecule has 0 heterocycles. The van der Waals surface area contributed by atoms with E-state index in [1.54, 1.807) is 37.3 Å². The van der Waals surface area contributed by atoms with Crippen LogP contribution in [0.1, 0.15) is 5.56 Å². The van der Waals surface area contributed by atoms with Gasteiger partial charge >= 0.3 is 0 Å². The number of phenolic OH excluding ortho intramolecular Hbond substituents is 2. The highest BCUT2D eigenvalue weighted by Gasteiger charge is 2.24. The van der Waals surface area contributed by atoms with Crippen LogP contribution >= 0.6 is 0 Å². The van der Waals surface area contributed by atoms with Gasteiger partial charge in [-0.25, -0.2) is 0 Å². The summed E-state index contributed by atoms with van der Waals surface area (Å²) in [6.45, 7) is 1.77. The molecule has 0 atom stereocenters. The Labute approximate surface area is 351 Å². The Hall–Kier alpha value is -7.41. The van der Waals surface area contributed by atoms with Gasteiger partial charge in [-0.3, -0.25) is 13.7 Å². The second-order valence-corrected chi connectivity index (χ2v) is 17.6. The first-order chi connectivity index (χ1) is 29.2. The lowest BCUT2D eigenvalue weighted by Gasteiger charge is -2.12. The Morgan fingerprint density at radius 2 is 1.00 bits per heavy atom. The smallest absolute Gasteiger partial charge is 0.296 e. The molecule has 10 N–H and O–H groups in total. The molecule has 7 rings (SSSR count). The predicted molar refractivity (Wildman–Crippen MR) is 229 cm³/mol. The zero-order chi connectivity index (χ0) is 44.7. The van der Waals surface area contributed by atoms with Crippen LogP contribution in [0.15, 0.2) is 155 Å². The number of benzene rings is 7. The maximum atomic E-state index is 12.5. The van der Waals surface area contributed by atoms with Crippen LogP contribution in [-0.2, 0) is 30.4 Å². The van der Waals surface area contributed by atoms with Gasteiger partial charge in [0.15, 0.2) is 11.5 Å². The summed E-state index contributed by atoms with van der Waals surface area (Å²) in [5.74, 6) is -1.26. The highest BCUT2D eigenvalue weighted by molar-refractivity contribution is 7.86. The number of azo groups is 3. The molecular weight excluding hydrogens is 867 g/mol. The molecule has 0 aliphatic heterocycles. The van der Waals surface area contributed by atoms with Crippen molar-refractivity contribution < 1.29 is 49.1 Å². The van der Waals surface area contributed by atoms with Crippen molar-refractivity contribution >= 4 is 109 Å². The highest BCUT2D eigenvalue weighted by atomic mass is 32.2. The average molecular weight is 898 g/mol. The Balaban J connectivity index is 1.17. The fourth-order valence-electron chi connectivity index (χ4n) is 6.08. The van der Waals surface area contributed by atoms with E-state index in [-0.39, 0.29) is 50.3 Å². The van der Waals surface area contributed by atoms with Gasteiger partial charge in [0.1, 0.15) is 31.7 Å². The maximum Gasteiger partial charge on any atom is 0.296 e. The standard InChI is InChI=1S/C39H31N9O11S3/c1-20-2-3-21-15-34(61(54,55)56)36(38(49)28(21)14-20)47-43-25-9-7-24(8-10-25)42-32-13-11-27(19-33(32)60(51,52)53)45-48-37-35(62(57,58)59)16-22-4-6-26(18-29(22)39(37)50)44-46-31-12-5-23(40)17-30(31)41/h2-19,42,49-50H,40-41H2,1H3,(H,51,52,53)(H,54,55,56)(H,57,58,59). The van der Waals surface area contributed by atoms with E-state index in [1.807, 2.05) is 0 Å². The van der Waals surface area contributed by atoms with Crippen molar-refractivity contribution in [3.8, 4) is 11.5 Å². The summed E-state index contributed by atoms with van der Waals surface area (Å²) in [7, 11) is -14.8. The summed E-state index contributed by atoms with van der Waals surface area (Å²) < 4.78 is 104. The number of nitrogens with zero attached hydrogens (tertiary/aromatic N) is 6. The molecule has 0 saturated heterocycles. The first-order valence-electron chi connectivity index (χ1n) is 17.6. The number of anilines is 4. The minimum Gasteiger partial charge on any atom is -0.505 e. The van der Waals surface area contributed by atoms with Gasteiger partial charge in [-0.1, -0.05) is 23.8 Å². The topological polar surface area (TPSA) is 342 Å². The number of fused-ring (bicyclic) bond motifs is 2. The lowest BCUT2D eigenvalue weighted by atomic mass is 10.1. The third kappa shape index (κ3) is 9.16. The van der Waals surface area contributed by atoms with Gasteiger partial charge in [0.05, 0.1) is 28.4 Å². The van der Waals surface area contributed by atoms with Gasteiger partial charge in [-0.2, -0.15) is 40.6 Å². The summed E-state index contributed by atoms with van der Waals surface area (Å²) in [5, 5.41) is 49.6. The summed E-state index contributed by atoms with van der Waals surface area (Å²) in [4.78, 5) is -2.18. The predicted octanol–water partition coefficient (Wildman–Crippen LogP) is 9.61. The molecule has 20 nitrogen and oxygen atoms in total. The van der Waals surface area contributed by atoms with E-state index in [9.17, 15) is 49.1 Å². The van der Waals surface area contributed by atoms with Crippen molar-refractivity contribution in [1.29, 1.82) is 0 Å². The maximum absolute atomic E-state index is 12.5. The zero-order valence-corrected chi connectivity index (χ0v) is 34.1. The van der Waals surface area contributed by atoms with Crippen molar-refractivity contribution in [2.75, 3.05) is 16.8 Å². The molecule has 0 bridgehead atoms. The van der Waals surface area contributed by atoms with Crippen molar-refractivity contribution in [2.24, 2.45) is 30.7 Å². The molecule has 0 radical (unpaired) electrons. The largest absolute Gasteiger partial charge is 0.505 e. The van der Waals surface area contributed by atoms with Crippen LogP contribution in [0.3, 0.4) is 0 Å². The summed E-state index contributed by atoms with van der Waals surface area (Å²) in [5.41, 5.74) is 12.4. The normalized spacial score (nSPS) is 12.6. The van der Waals surface area contributed by atoms with Crippen LogP contribution in [0.2, 0.25) is 0 Å². The number of nitrogen functional groups attached to an aromatic ring is 2. The lowest BCUT2D eigenvalue weighted by Crippen LogP contribution is -2.03. The first-order valence-corrected chi connectivity index (χ1v) is 21.9. The van der Waals surface area contributed by atoms with Crippen LogP contribution in [0.5, 0.6) is 11.5 Å². The number of nitrogens with one attached hydrogen (secondary N) is 1. The molecule has 316 valence electrons. The van der Waals surface area contributed by atoms with E-state index in [4.69, 9.17) is 11.5 Å². The van der Waals surface area contributed by atoms with Gasteiger partial charge in [0.25, 0.3) is 30.4 Å². The second kappa shape index (κ2) is 16.2. The molecule has 0 unspecified atom stereocenters. The van der Waals surface area contributed by atoms with Gasteiger partial charge in [0.2, 0.25) is 0 Å². The average Bonchev–Trinajstić information content (AvgIpc) is 3.20. The van der Waals surface area contributed by atoms with Crippen LogP contribution in [0.25, 0.3) is 21.5 Å². The van der Waals surface area contributed by atoms with Crippen molar-refractivity contribution in [3.05, 3.63) is 115 Å². The third-order valence-electron chi connectivity index (χ3n) is 9.05. The summed E-state index contributed by atoms with van der Waals surface area (Å²) >= 11 is 0. The Kier molecular flexibility index (Phi) is 11.2. The molecule has 0 aromatic heterocycles. The van der Waals surface area contributed by atoms with E-state index in [1.165, 1.54) is 60.7 Å².